The summed E-state index contributed by atoms with van der Waals surface area (Å²) in [6, 6.07) is 0. The van der Waals surface area contributed by atoms with Crippen molar-refractivity contribution in [3.05, 3.63) is 17.8 Å². The molecule has 2 heterocycles. The van der Waals surface area contributed by atoms with Crippen molar-refractivity contribution in [3.8, 4) is 0 Å². The van der Waals surface area contributed by atoms with E-state index in [0.717, 1.165) is 0 Å². The van der Waals surface area contributed by atoms with Crippen molar-refractivity contribution in [1.82, 2.24) is 4.98 Å². The number of hydrogen-bond acceptors (Lipinski definition) is 5. The van der Waals surface area contributed by atoms with Gasteiger partial charge in [-0.15, -0.1) is 0 Å². The number of aliphatic carboxylic acids is 1. The fourth-order valence-electron chi connectivity index (χ4n) is 2.00. The first-order chi connectivity index (χ1) is 7.81. The second-order valence-electron chi connectivity index (χ2n) is 4.60. The zero-order valence-electron chi connectivity index (χ0n) is 9.34. The van der Waals surface area contributed by atoms with E-state index in [1.54, 1.807) is 6.92 Å². The normalized spacial score (nSPS) is 27.1. The lowest BCUT2D eigenvalue weighted by Gasteiger charge is -2.16. The van der Waals surface area contributed by atoms with E-state index in [9.17, 15) is 13.2 Å². The molecule has 1 aliphatic rings. The molecule has 1 saturated heterocycles. The van der Waals surface area contributed by atoms with E-state index >= 15 is 0 Å². The highest BCUT2D eigenvalue weighted by atomic mass is 32.2. The molecule has 1 unspecified atom stereocenters. The Morgan fingerprint density at radius 1 is 1.65 bits per heavy atom. The molecule has 1 aromatic rings. The van der Waals surface area contributed by atoms with Crippen molar-refractivity contribution >= 4 is 15.8 Å². The highest BCUT2D eigenvalue weighted by molar-refractivity contribution is 7.91. The number of nitrogens with zero attached hydrogens (tertiary/aromatic N) is 1. The average molecular weight is 259 g/mol. The van der Waals surface area contributed by atoms with Gasteiger partial charge in [0.25, 0.3) is 0 Å². The minimum absolute atomic E-state index is 0.00697. The van der Waals surface area contributed by atoms with Crippen LogP contribution < -0.4 is 0 Å². The minimum atomic E-state index is -3.03. The summed E-state index contributed by atoms with van der Waals surface area (Å²) in [5.74, 6) is -0.308. The number of rotatable bonds is 3. The molecular formula is C10H13NO5S. The zero-order chi connectivity index (χ0) is 12.7. The number of hydrogen-bond donors (Lipinski definition) is 1. The van der Waals surface area contributed by atoms with Crippen LogP contribution in [0.3, 0.4) is 0 Å². The lowest BCUT2D eigenvalue weighted by Crippen LogP contribution is -2.23. The van der Waals surface area contributed by atoms with Crippen molar-refractivity contribution in [2.75, 3.05) is 11.5 Å². The summed E-state index contributed by atoms with van der Waals surface area (Å²) < 4.78 is 28.2. The fourth-order valence-corrected chi connectivity index (χ4v) is 4.14. The Bertz CT molecular complexity index is 547. The number of sulfone groups is 1. The molecule has 1 N–H and O–H groups in total. The van der Waals surface area contributed by atoms with Gasteiger partial charge in [0.2, 0.25) is 5.89 Å². The predicted octanol–water partition coefficient (Wildman–Crippen LogP) is 0.378. The van der Waals surface area contributed by atoms with Gasteiger partial charge in [0, 0.05) is 0 Å². The van der Waals surface area contributed by atoms with E-state index in [0.29, 0.717) is 12.3 Å². The number of oxazole rings is 1. The molecule has 7 heteroatoms. The Kier molecular flexibility index (Phi) is 2.73. The highest BCUT2D eigenvalue weighted by Crippen LogP contribution is 2.35. The first-order valence-corrected chi connectivity index (χ1v) is 7.00. The molecule has 1 aliphatic heterocycles. The van der Waals surface area contributed by atoms with Crippen molar-refractivity contribution in [2.45, 2.75) is 25.2 Å². The van der Waals surface area contributed by atoms with Crippen molar-refractivity contribution in [1.29, 1.82) is 0 Å². The van der Waals surface area contributed by atoms with Crippen molar-refractivity contribution < 1.29 is 22.7 Å². The molecular weight excluding hydrogens is 246 g/mol. The highest BCUT2D eigenvalue weighted by Gasteiger charge is 2.43. The lowest BCUT2D eigenvalue weighted by molar-refractivity contribution is -0.136. The maximum Gasteiger partial charge on any atom is 0.311 e. The van der Waals surface area contributed by atoms with Crippen LogP contribution in [0.5, 0.6) is 0 Å². The Labute approximate surface area is 98.6 Å². The molecule has 2 rings (SSSR count). The summed E-state index contributed by atoms with van der Waals surface area (Å²) in [6.45, 7) is 1.77. The molecule has 94 valence electrons. The molecule has 1 fully saturated rings. The smallest absolute Gasteiger partial charge is 0.311 e. The van der Waals surface area contributed by atoms with E-state index in [1.165, 1.54) is 6.20 Å². The van der Waals surface area contributed by atoms with E-state index in [1.807, 2.05) is 0 Å². The van der Waals surface area contributed by atoms with Crippen molar-refractivity contribution in [3.63, 3.8) is 0 Å². The molecule has 6 nitrogen and oxygen atoms in total. The van der Waals surface area contributed by atoms with Gasteiger partial charge in [-0.2, -0.15) is 0 Å². The van der Waals surface area contributed by atoms with Crippen LogP contribution in [0.4, 0.5) is 0 Å². The second-order valence-corrected chi connectivity index (χ2v) is 6.79. The van der Waals surface area contributed by atoms with Gasteiger partial charge in [0.15, 0.2) is 9.84 Å². The molecule has 0 aliphatic carbocycles. The van der Waals surface area contributed by atoms with Crippen LogP contribution in [-0.2, 0) is 26.5 Å². The Morgan fingerprint density at radius 2 is 2.35 bits per heavy atom. The van der Waals surface area contributed by atoms with Gasteiger partial charge in [-0.3, -0.25) is 4.79 Å². The van der Waals surface area contributed by atoms with Crippen LogP contribution in [0.25, 0.3) is 0 Å². The van der Waals surface area contributed by atoms with Gasteiger partial charge in [-0.05, 0) is 13.3 Å². The van der Waals surface area contributed by atoms with Gasteiger partial charge in [0.05, 0.1) is 23.1 Å². The Hall–Kier alpha value is -1.37. The van der Waals surface area contributed by atoms with E-state index in [2.05, 4.69) is 4.98 Å². The number of aromatic nitrogens is 1. The van der Waals surface area contributed by atoms with Crippen LogP contribution in [-0.4, -0.2) is 36.0 Å². The van der Waals surface area contributed by atoms with Crippen LogP contribution in [0, 0.1) is 0 Å². The quantitative estimate of drug-likeness (QED) is 0.842. The summed E-state index contributed by atoms with van der Waals surface area (Å²) in [5.41, 5.74) is -0.629. The SMILES string of the molecule is CC1(c2ncc(CC(=O)O)o2)CCS(=O)(=O)C1. The fraction of sp³-hybridized carbons (Fsp3) is 0.600. The summed E-state index contributed by atoms with van der Waals surface area (Å²) in [5, 5.41) is 8.61. The van der Waals surface area contributed by atoms with Crippen LogP contribution >= 0.6 is 0 Å². The van der Waals surface area contributed by atoms with Gasteiger partial charge in [-0.1, -0.05) is 0 Å². The molecule has 0 bridgehead atoms. The Morgan fingerprint density at radius 3 is 2.88 bits per heavy atom. The summed E-state index contributed by atoms with van der Waals surface area (Å²) >= 11 is 0. The van der Waals surface area contributed by atoms with Gasteiger partial charge in [-0.25, -0.2) is 13.4 Å². The molecule has 17 heavy (non-hydrogen) atoms. The van der Waals surface area contributed by atoms with Gasteiger partial charge >= 0.3 is 5.97 Å². The minimum Gasteiger partial charge on any atom is -0.481 e. The summed E-state index contributed by atoms with van der Waals surface area (Å²) in [6.07, 6.45) is 1.57. The first kappa shape index (κ1) is 12.1. The third-order valence-electron chi connectivity index (χ3n) is 2.90. The monoisotopic (exact) mass is 259 g/mol. The summed E-state index contributed by atoms with van der Waals surface area (Å²) in [7, 11) is -3.03. The van der Waals surface area contributed by atoms with Crippen LogP contribution in [0.15, 0.2) is 10.6 Å². The van der Waals surface area contributed by atoms with Gasteiger partial charge in [0.1, 0.15) is 12.2 Å². The Balaban J connectivity index is 2.23. The van der Waals surface area contributed by atoms with E-state index in [4.69, 9.17) is 9.52 Å². The third-order valence-corrected chi connectivity index (χ3v) is 4.80. The number of carboxylic acid groups (broad SMARTS) is 1. The molecule has 0 aromatic carbocycles. The number of carboxylic acids is 1. The molecule has 0 amide bonds. The van der Waals surface area contributed by atoms with E-state index < -0.39 is 21.2 Å². The van der Waals surface area contributed by atoms with Crippen LogP contribution in [0.2, 0.25) is 0 Å². The largest absolute Gasteiger partial charge is 0.481 e. The average Bonchev–Trinajstić information content (AvgIpc) is 2.71. The van der Waals surface area contributed by atoms with E-state index in [-0.39, 0.29) is 23.7 Å². The maximum atomic E-state index is 11.4. The number of carbonyl (C=O) groups is 1. The molecule has 0 saturated carbocycles. The standard InChI is InChI=1S/C10H13NO5S/c1-10(2-3-17(14,15)6-10)9-11-5-7(16-9)4-8(12)13/h5H,2-4,6H2,1H3,(H,12,13). The third kappa shape index (κ3) is 2.49. The lowest BCUT2D eigenvalue weighted by atomic mass is 9.90. The topological polar surface area (TPSA) is 97.5 Å². The first-order valence-electron chi connectivity index (χ1n) is 5.18. The molecule has 0 radical (unpaired) electrons. The predicted molar refractivity (Wildman–Crippen MR) is 58.5 cm³/mol. The molecule has 0 spiro atoms. The summed E-state index contributed by atoms with van der Waals surface area (Å²) in [4.78, 5) is 14.5. The van der Waals surface area contributed by atoms with Crippen LogP contribution in [0.1, 0.15) is 25.0 Å². The molecule has 1 aromatic heterocycles. The van der Waals surface area contributed by atoms with Crippen molar-refractivity contribution in [2.24, 2.45) is 0 Å². The van der Waals surface area contributed by atoms with Gasteiger partial charge < -0.3 is 9.52 Å². The zero-order valence-corrected chi connectivity index (χ0v) is 10.2. The molecule has 1 atom stereocenters. The maximum absolute atomic E-state index is 11.4. The second kappa shape index (κ2) is 3.83.